The van der Waals surface area contributed by atoms with Crippen LogP contribution in [-0.2, 0) is 27.9 Å². The average molecular weight is 532 g/mol. The topological polar surface area (TPSA) is 90.8 Å². The van der Waals surface area contributed by atoms with Crippen LogP contribution < -0.4 is 10.2 Å². The third kappa shape index (κ3) is 4.53. The van der Waals surface area contributed by atoms with Gasteiger partial charge in [0.25, 0.3) is 0 Å². The lowest BCUT2D eigenvalue weighted by Gasteiger charge is -2.28. The Hall–Kier alpha value is -3.46. The number of benzene rings is 2. The molecule has 3 aliphatic rings. The van der Waals surface area contributed by atoms with E-state index < -0.39 is 11.4 Å². The molecule has 0 aliphatic carbocycles. The number of aliphatic carboxylic acids is 1. The molecule has 0 spiro atoms. The van der Waals surface area contributed by atoms with Gasteiger partial charge in [-0.05, 0) is 59.5 Å². The van der Waals surface area contributed by atoms with E-state index in [1.807, 2.05) is 36.1 Å². The van der Waals surface area contributed by atoms with Crippen LogP contribution in [0.25, 0.3) is 5.57 Å². The number of fused-ring (bicyclic) bond motifs is 2. The number of likely N-dealkylation sites (N-methyl/N-ethyl adjacent to an activating group) is 1. The third-order valence-corrected chi connectivity index (χ3v) is 7.97. The lowest BCUT2D eigenvalue weighted by atomic mass is 9.81. The molecular weight excluding hydrogens is 502 g/mol. The zero-order chi connectivity index (χ0) is 26.4. The van der Waals surface area contributed by atoms with E-state index in [2.05, 4.69) is 40.5 Å². The summed E-state index contributed by atoms with van der Waals surface area (Å²) in [6.45, 7) is 5.61. The smallest absolute Gasteiger partial charge is 0.304 e. The minimum Gasteiger partial charge on any atom is -0.481 e. The number of aromatic nitrogens is 2. The molecule has 0 fully saturated rings. The molecule has 0 saturated heterocycles. The van der Waals surface area contributed by atoms with Gasteiger partial charge < -0.3 is 25.0 Å². The van der Waals surface area contributed by atoms with Crippen molar-refractivity contribution < 1.29 is 14.6 Å². The first-order valence-corrected chi connectivity index (χ1v) is 13.2. The van der Waals surface area contributed by atoms with Crippen molar-refractivity contribution in [3.8, 4) is 0 Å². The predicted octanol–water partition coefficient (Wildman–Crippen LogP) is 5.16. The van der Waals surface area contributed by atoms with E-state index in [4.69, 9.17) is 21.3 Å². The van der Waals surface area contributed by atoms with Crippen molar-refractivity contribution in [3.63, 3.8) is 0 Å². The highest BCUT2D eigenvalue weighted by Crippen LogP contribution is 2.47. The van der Waals surface area contributed by atoms with Crippen molar-refractivity contribution >= 4 is 46.3 Å². The molecule has 4 heterocycles. The zero-order valence-electron chi connectivity index (χ0n) is 21.5. The van der Waals surface area contributed by atoms with Gasteiger partial charge in [-0.25, -0.2) is 4.98 Å². The molecule has 8 nitrogen and oxygen atoms in total. The van der Waals surface area contributed by atoms with Crippen LogP contribution in [0.2, 0.25) is 5.02 Å². The molecule has 1 unspecified atom stereocenters. The van der Waals surface area contributed by atoms with Crippen molar-refractivity contribution in [2.24, 2.45) is 0 Å². The second kappa shape index (κ2) is 9.69. The van der Waals surface area contributed by atoms with E-state index in [1.54, 1.807) is 6.20 Å². The maximum absolute atomic E-state index is 11.7. The molecule has 2 aromatic carbocycles. The van der Waals surface area contributed by atoms with Gasteiger partial charge >= 0.3 is 5.97 Å². The molecule has 9 heteroatoms. The summed E-state index contributed by atoms with van der Waals surface area (Å²) < 4.78 is 5.63. The normalized spacial score (nSPS) is 20.7. The summed E-state index contributed by atoms with van der Waals surface area (Å²) in [6, 6.07) is 12.2. The van der Waals surface area contributed by atoms with Crippen LogP contribution in [0.5, 0.6) is 0 Å². The number of carbonyl (C=O) groups is 1. The summed E-state index contributed by atoms with van der Waals surface area (Å²) in [4.78, 5) is 25.3. The number of carboxylic acid groups (broad SMARTS) is 1. The summed E-state index contributed by atoms with van der Waals surface area (Å²) in [5.41, 5.74) is 7.35. The lowest BCUT2D eigenvalue weighted by Crippen LogP contribution is -2.31. The summed E-state index contributed by atoms with van der Waals surface area (Å²) in [5.74, 6) is 0.146. The maximum atomic E-state index is 11.7. The SMILES string of the molecule is CN1CCc2c(cc(Nc3ncc(Cl)c(N4CC(C)(CC(=O)O)c5ccccc54)n3)cc2C2=CCOC2)C1. The first-order valence-electron chi connectivity index (χ1n) is 12.8. The number of rotatable bonds is 6. The Bertz CT molecular complexity index is 1460. The van der Waals surface area contributed by atoms with Gasteiger partial charge in [0, 0.05) is 36.4 Å². The molecule has 3 aliphatic heterocycles. The fraction of sp³-hybridized carbons (Fsp3) is 0.345. The number of carboxylic acids is 1. The van der Waals surface area contributed by atoms with Crippen LogP contribution in [0.3, 0.4) is 0 Å². The molecule has 38 heavy (non-hydrogen) atoms. The van der Waals surface area contributed by atoms with Crippen molar-refractivity contribution in [2.75, 3.05) is 43.6 Å². The van der Waals surface area contributed by atoms with Crippen LogP contribution >= 0.6 is 11.6 Å². The number of para-hydroxylation sites is 1. The van der Waals surface area contributed by atoms with Crippen LogP contribution in [0, 0.1) is 0 Å². The highest BCUT2D eigenvalue weighted by Gasteiger charge is 2.42. The Morgan fingerprint density at radius 2 is 2.13 bits per heavy atom. The molecule has 1 aromatic heterocycles. The molecule has 196 valence electrons. The summed E-state index contributed by atoms with van der Waals surface area (Å²) >= 11 is 6.63. The first-order chi connectivity index (χ1) is 18.3. The summed E-state index contributed by atoms with van der Waals surface area (Å²) in [7, 11) is 2.14. The summed E-state index contributed by atoms with van der Waals surface area (Å²) in [6.07, 6.45) is 4.78. The number of halogens is 1. The largest absolute Gasteiger partial charge is 0.481 e. The van der Waals surface area contributed by atoms with Gasteiger partial charge in [-0.3, -0.25) is 4.79 Å². The van der Waals surface area contributed by atoms with Crippen LogP contribution in [0.15, 0.2) is 48.7 Å². The quantitative estimate of drug-likeness (QED) is 0.451. The van der Waals surface area contributed by atoms with E-state index in [9.17, 15) is 9.90 Å². The Balaban J connectivity index is 1.36. The number of hydrogen-bond acceptors (Lipinski definition) is 7. The van der Waals surface area contributed by atoms with Crippen molar-refractivity contribution in [1.29, 1.82) is 0 Å². The van der Waals surface area contributed by atoms with Crippen molar-refractivity contribution in [3.05, 3.63) is 75.9 Å². The van der Waals surface area contributed by atoms with Crippen molar-refractivity contribution in [1.82, 2.24) is 14.9 Å². The molecule has 6 rings (SSSR count). The maximum Gasteiger partial charge on any atom is 0.304 e. The number of nitrogens with zero attached hydrogens (tertiary/aromatic N) is 4. The van der Waals surface area contributed by atoms with Gasteiger partial charge in [0.05, 0.1) is 25.8 Å². The molecule has 0 saturated carbocycles. The molecule has 1 atom stereocenters. The van der Waals surface area contributed by atoms with Crippen molar-refractivity contribution in [2.45, 2.75) is 31.7 Å². The van der Waals surface area contributed by atoms with Gasteiger partial charge in [-0.15, -0.1) is 0 Å². The number of anilines is 4. The average Bonchev–Trinajstić information content (AvgIpc) is 3.51. The first kappa shape index (κ1) is 24.9. The number of ether oxygens (including phenoxy) is 1. The van der Waals surface area contributed by atoms with E-state index in [-0.39, 0.29) is 6.42 Å². The zero-order valence-corrected chi connectivity index (χ0v) is 22.3. The van der Waals surface area contributed by atoms with E-state index in [1.165, 1.54) is 22.3 Å². The van der Waals surface area contributed by atoms with Gasteiger partial charge in [0.1, 0.15) is 5.02 Å². The minimum absolute atomic E-state index is 0.0141. The Kier molecular flexibility index (Phi) is 6.34. The Morgan fingerprint density at radius 1 is 1.29 bits per heavy atom. The molecule has 0 amide bonds. The Labute approximate surface area is 226 Å². The van der Waals surface area contributed by atoms with Gasteiger partial charge in [0.15, 0.2) is 5.82 Å². The molecule has 3 aromatic rings. The number of hydrogen-bond donors (Lipinski definition) is 2. The lowest BCUT2D eigenvalue weighted by molar-refractivity contribution is -0.138. The van der Waals surface area contributed by atoms with E-state index >= 15 is 0 Å². The fourth-order valence-electron chi connectivity index (χ4n) is 5.92. The monoisotopic (exact) mass is 531 g/mol. The second-order valence-electron chi connectivity index (χ2n) is 10.6. The summed E-state index contributed by atoms with van der Waals surface area (Å²) in [5, 5.41) is 13.4. The highest BCUT2D eigenvalue weighted by atomic mass is 35.5. The highest BCUT2D eigenvalue weighted by molar-refractivity contribution is 6.33. The van der Waals surface area contributed by atoms with Gasteiger partial charge in [-0.1, -0.05) is 42.8 Å². The molecule has 0 bridgehead atoms. The number of nitrogens with one attached hydrogen (secondary N) is 1. The standard InChI is InChI=1S/C29H30ClN5O3/c1-29(13-26(36)37)17-35(25-6-4-3-5-23(25)29)27-24(30)14-31-28(33-27)32-20-11-19-15-34(2)9-7-21(19)22(12-20)18-8-10-38-16-18/h3-6,8,11-12,14H,7,9-10,13,15-17H2,1-2H3,(H,36,37)(H,31,32,33). The Morgan fingerprint density at radius 3 is 2.92 bits per heavy atom. The van der Waals surface area contributed by atoms with Crippen LogP contribution in [-0.4, -0.2) is 59.3 Å². The van der Waals surface area contributed by atoms with Crippen LogP contribution in [0.4, 0.5) is 23.1 Å². The fourth-order valence-corrected chi connectivity index (χ4v) is 6.12. The van der Waals surface area contributed by atoms with Gasteiger partial charge in [-0.2, -0.15) is 4.98 Å². The predicted molar refractivity (Wildman–Crippen MR) is 149 cm³/mol. The molecular formula is C29H30ClN5O3. The van der Waals surface area contributed by atoms with E-state index in [0.29, 0.717) is 36.5 Å². The molecule has 2 N–H and O–H groups in total. The van der Waals surface area contributed by atoms with Crippen LogP contribution in [0.1, 0.15) is 35.6 Å². The second-order valence-corrected chi connectivity index (χ2v) is 11.0. The minimum atomic E-state index is -0.836. The third-order valence-electron chi connectivity index (χ3n) is 7.71. The van der Waals surface area contributed by atoms with Gasteiger partial charge in [0.2, 0.25) is 5.95 Å². The molecule has 0 radical (unpaired) electrons. The van der Waals surface area contributed by atoms with E-state index in [0.717, 1.165) is 36.4 Å².